The normalized spacial score (nSPS) is 11.7. The number of rotatable bonds is 10. The van der Waals surface area contributed by atoms with Gasteiger partial charge in [-0.25, -0.2) is 24.3 Å². The summed E-state index contributed by atoms with van der Waals surface area (Å²) in [5.41, 5.74) is 3.18. The van der Waals surface area contributed by atoms with Crippen LogP contribution in [0, 0.1) is 5.82 Å². The number of hydrogen-bond donors (Lipinski definition) is 4. The predicted octanol–water partition coefficient (Wildman–Crippen LogP) is 4.14. The van der Waals surface area contributed by atoms with Crippen LogP contribution in [0.1, 0.15) is 21.0 Å². The van der Waals surface area contributed by atoms with Gasteiger partial charge in [0.15, 0.2) is 5.82 Å². The van der Waals surface area contributed by atoms with Gasteiger partial charge in [-0.05, 0) is 66.7 Å². The lowest BCUT2D eigenvalue weighted by Gasteiger charge is -2.28. The second-order valence-corrected chi connectivity index (χ2v) is 9.50. The fourth-order valence-corrected chi connectivity index (χ4v) is 4.61. The standard InChI is InChI=1S/C30H25FN10O2/c1-32-30-34-13-11-23(39-30)24-15-19-14-18(5-10-22(19)37-24)29(43)38-25(27(42)28-35-17-36-40-28)16-41(26-4-2-3-12-33-26)21-8-6-20(31)7-9-21/h2-15,17,25,37H,16H2,1H3,(H,38,43)(H,32,34,39)(H,35,36,40). The molecule has 0 saturated carbocycles. The summed E-state index contributed by atoms with van der Waals surface area (Å²) in [6.45, 7) is -0.0218. The van der Waals surface area contributed by atoms with Crippen LogP contribution in [-0.4, -0.2) is 66.4 Å². The van der Waals surface area contributed by atoms with Crippen LogP contribution in [0.2, 0.25) is 0 Å². The van der Waals surface area contributed by atoms with Crippen LogP contribution in [0.3, 0.4) is 0 Å². The number of aromatic amines is 2. The molecule has 0 fully saturated rings. The fourth-order valence-electron chi connectivity index (χ4n) is 4.61. The van der Waals surface area contributed by atoms with Crippen LogP contribution in [0.25, 0.3) is 22.3 Å². The topological polar surface area (TPSA) is 157 Å². The predicted molar refractivity (Wildman–Crippen MR) is 158 cm³/mol. The molecule has 4 aromatic heterocycles. The Bertz CT molecular complexity index is 1870. The molecule has 1 atom stereocenters. The Morgan fingerprint density at radius 1 is 0.977 bits per heavy atom. The van der Waals surface area contributed by atoms with E-state index in [-0.39, 0.29) is 12.4 Å². The second kappa shape index (κ2) is 11.9. The molecule has 2 aromatic carbocycles. The average molecular weight is 577 g/mol. The molecule has 6 aromatic rings. The van der Waals surface area contributed by atoms with Crippen molar-refractivity contribution in [1.82, 2.24) is 40.4 Å². The van der Waals surface area contributed by atoms with E-state index in [2.05, 4.69) is 45.8 Å². The number of Topliss-reactive ketones (excluding diaryl/α,β-unsaturated/α-hetero) is 1. The van der Waals surface area contributed by atoms with E-state index in [4.69, 9.17) is 0 Å². The van der Waals surface area contributed by atoms with Gasteiger partial charge in [0.1, 0.15) is 24.0 Å². The fraction of sp³-hybridized carbons (Fsp3) is 0.100. The van der Waals surface area contributed by atoms with E-state index in [1.54, 1.807) is 78.9 Å². The molecule has 12 nitrogen and oxygen atoms in total. The lowest BCUT2D eigenvalue weighted by Crippen LogP contribution is -2.48. The van der Waals surface area contributed by atoms with Crippen molar-refractivity contribution >= 4 is 40.0 Å². The molecular weight excluding hydrogens is 551 g/mol. The van der Waals surface area contributed by atoms with Gasteiger partial charge in [0.05, 0.1) is 17.9 Å². The number of benzene rings is 2. The first-order valence-corrected chi connectivity index (χ1v) is 13.3. The number of carbonyl (C=O) groups is 2. The van der Waals surface area contributed by atoms with E-state index in [0.29, 0.717) is 28.7 Å². The summed E-state index contributed by atoms with van der Waals surface area (Å²) >= 11 is 0. The van der Waals surface area contributed by atoms with E-state index < -0.39 is 23.5 Å². The lowest BCUT2D eigenvalue weighted by molar-refractivity contribution is 0.0855. The van der Waals surface area contributed by atoms with Gasteiger partial charge in [-0.15, -0.1) is 0 Å². The Morgan fingerprint density at radius 3 is 2.58 bits per heavy atom. The Kier molecular flexibility index (Phi) is 7.51. The lowest BCUT2D eigenvalue weighted by atomic mass is 10.1. The number of amides is 1. The monoisotopic (exact) mass is 576 g/mol. The van der Waals surface area contributed by atoms with Gasteiger partial charge < -0.3 is 20.5 Å². The molecule has 1 amide bonds. The zero-order valence-electron chi connectivity index (χ0n) is 22.8. The van der Waals surface area contributed by atoms with Crippen LogP contribution in [0.5, 0.6) is 0 Å². The number of halogens is 1. The van der Waals surface area contributed by atoms with E-state index in [1.165, 1.54) is 18.5 Å². The summed E-state index contributed by atoms with van der Waals surface area (Å²) in [5, 5.41) is 12.9. The van der Waals surface area contributed by atoms with Gasteiger partial charge in [-0.1, -0.05) is 6.07 Å². The molecule has 1 unspecified atom stereocenters. The van der Waals surface area contributed by atoms with Gasteiger partial charge in [0, 0.05) is 41.6 Å². The third-order valence-corrected chi connectivity index (χ3v) is 6.74. The molecule has 0 spiro atoms. The molecule has 0 aliphatic heterocycles. The van der Waals surface area contributed by atoms with Crippen LogP contribution in [-0.2, 0) is 0 Å². The highest BCUT2D eigenvalue weighted by atomic mass is 19.1. The zero-order chi connectivity index (χ0) is 29.8. The first-order chi connectivity index (χ1) is 21.0. The Hall–Kier alpha value is -5.98. The smallest absolute Gasteiger partial charge is 0.251 e. The maximum atomic E-state index is 13.8. The van der Waals surface area contributed by atoms with Crippen molar-refractivity contribution in [2.75, 3.05) is 23.8 Å². The molecule has 0 bridgehead atoms. The van der Waals surface area contributed by atoms with Crippen molar-refractivity contribution in [3.8, 4) is 11.4 Å². The van der Waals surface area contributed by atoms with E-state index in [0.717, 1.165) is 16.6 Å². The molecule has 214 valence electrons. The van der Waals surface area contributed by atoms with Crippen molar-refractivity contribution in [2.24, 2.45) is 0 Å². The van der Waals surface area contributed by atoms with Crippen LogP contribution < -0.4 is 15.5 Å². The van der Waals surface area contributed by atoms with Crippen LogP contribution in [0.15, 0.2) is 91.5 Å². The Morgan fingerprint density at radius 2 is 1.84 bits per heavy atom. The molecule has 4 heterocycles. The number of anilines is 3. The van der Waals surface area contributed by atoms with Crippen molar-refractivity contribution < 1.29 is 14.0 Å². The minimum atomic E-state index is -1.08. The first kappa shape index (κ1) is 27.2. The third kappa shape index (κ3) is 5.91. The van der Waals surface area contributed by atoms with Gasteiger partial charge >= 0.3 is 0 Å². The van der Waals surface area contributed by atoms with Crippen molar-refractivity contribution in [3.05, 3.63) is 109 Å². The third-order valence-electron chi connectivity index (χ3n) is 6.74. The minimum absolute atomic E-state index is 0.0121. The van der Waals surface area contributed by atoms with Gasteiger partial charge in [-0.2, -0.15) is 5.10 Å². The summed E-state index contributed by atoms with van der Waals surface area (Å²) < 4.78 is 13.8. The first-order valence-electron chi connectivity index (χ1n) is 13.3. The number of ketones is 1. The number of aromatic nitrogens is 7. The van der Waals surface area contributed by atoms with E-state index in [1.807, 2.05) is 6.07 Å². The molecule has 0 radical (unpaired) electrons. The van der Waals surface area contributed by atoms with E-state index >= 15 is 0 Å². The molecule has 43 heavy (non-hydrogen) atoms. The molecule has 0 aliphatic carbocycles. The second-order valence-electron chi connectivity index (χ2n) is 9.50. The number of nitrogens with zero attached hydrogens (tertiary/aromatic N) is 6. The highest BCUT2D eigenvalue weighted by Gasteiger charge is 2.28. The van der Waals surface area contributed by atoms with Crippen LogP contribution >= 0.6 is 0 Å². The highest BCUT2D eigenvalue weighted by molar-refractivity contribution is 6.04. The number of fused-ring (bicyclic) bond motifs is 1. The summed E-state index contributed by atoms with van der Waals surface area (Å²) in [5.74, 6) is -0.380. The largest absolute Gasteiger partial charge is 0.357 e. The summed E-state index contributed by atoms with van der Waals surface area (Å²) in [6.07, 6.45) is 4.49. The maximum Gasteiger partial charge on any atom is 0.251 e. The number of hydrogen-bond acceptors (Lipinski definition) is 9. The molecule has 0 aliphatic rings. The molecule has 0 saturated heterocycles. The maximum absolute atomic E-state index is 13.8. The number of nitrogens with one attached hydrogen (secondary N) is 4. The Labute approximate surface area is 244 Å². The van der Waals surface area contributed by atoms with Crippen molar-refractivity contribution in [1.29, 1.82) is 0 Å². The molecule has 6 rings (SSSR count). The van der Waals surface area contributed by atoms with Crippen molar-refractivity contribution in [3.63, 3.8) is 0 Å². The number of carbonyl (C=O) groups excluding carboxylic acids is 2. The van der Waals surface area contributed by atoms with Gasteiger partial charge in [-0.3, -0.25) is 14.7 Å². The number of pyridine rings is 1. The summed E-state index contributed by atoms with van der Waals surface area (Å²) in [7, 11) is 1.74. The van der Waals surface area contributed by atoms with Gasteiger partial charge in [0.25, 0.3) is 5.91 Å². The zero-order valence-corrected chi connectivity index (χ0v) is 22.8. The molecular formula is C30H25FN10O2. The highest BCUT2D eigenvalue weighted by Crippen LogP contribution is 2.26. The van der Waals surface area contributed by atoms with Crippen LogP contribution in [0.4, 0.5) is 21.8 Å². The Balaban J connectivity index is 1.31. The van der Waals surface area contributed by atoms with Crippen molar-refractivity contribution in [2.45, 2.75) is 6.04 Å². The van der Waals surface area contributed by atoms with Gasteiger partial charge in [0.2, 0.25) is 11.7 Å². The molecule has 13 heteroatoms. The minimum Gasteiger partial charge on any atom is -0.357 e. The summed E-state index contributed by atoms with van der Waals surface area (Å²) in [6, 6.07) is 18.9. The quantitative estimate of drug-likeness (QED) is 0.176. The average Bonchev–Trinajstić information content (AvgIpc) is 3.74. The molecule has 4 N–H and O–H groups in total. The van der Waals surface area contributed by atoms with E-state index in [9.17, 15) is 14.0 Å². The SMILES string of the molecule is CNc1nccc(-c2cc3cc(C(=O)NC(CN(c4ccc(F)cc4)c4ccccn4)C(=O)c4ncn[nH]4)ccc3[nH]2)n1. The summed E-state index contributed by atoms with van der Waals surface area (Å²) in [4.78, 5) is 49.2. The number of H-pyrrole nitrogens is 2.